The summed E-state index contributed by atoms with van der Waals surface area (Å²) in [6, 6.07) is 16.3. The number of amides is 2. The molecule has 0 unspecified atom stereocenters. The first kappa shape index (κ1) is 19.5. The summed E-state index contributed by atoms with van der Waals surface area (Å²) < 4.78 is 27.1. The predicted molar refractivity (Wildman–Crippen MR) is 112 cm³/mol. The molecule has 3 aromatic carbocycles. The molecule has 1 heterocycles. The fourth-order valence-corrected chi connectivity index (χ4v) is 3.52. The Labute approximate surface area is 172 Å². The van der Waals surface area contributed by atoms with Gasteiger partial charge in [0.05, 0.1) is 11.3 Å². The molecule has 1 aliphatic rings. The monoisotopic (exact) mass is 404 g/mol. The number of hydrogen-bond donors (Lipinski definition) is 1. The molecule has 4 rings (SSSR count). The van der Waals surface area contributed by atoms with Crippen LogP contribution in [0.3, 0.4) is 0 Å². The fraction of sp³-hybridized carbons (Fsp3) is 0.0833. The first-order valence-corrected chi connectivity index (χ1v) is 9.34. The number of hydrogen-bond acceptors (Lipinski definition) is 3. The van der Waals surface area contributed by atoms with Gasteiger partial charge in [-0.25, -0.2) is 13.7 Å². The molecular weight excluding hydrogens is 386 g/mol. The van der Waals surface area contributed by atoms with E-state index >= 15 is 0 Å². The van der Waals surface area contributed by atoms with Crippen LogP contribution in [0.5, 0.6) is 0 Å². The van der Waals surface area contributed by atoms with Crippen molar-refractivity contribution in [1.29, 1.82) is 0 Å². The van der Waals surface area contributed by atoms with Crippen LogP contribution in [0.1, 0.15) is 16.7 Å². The van der Waals surface area contributed by atoms with E-state index in [9.17, 15) is 18.4 Å². The lowest BCUT2D eigenvalue weighted by Crippen LogP contribution is -2.33. The van der Waals surface area contributed by atoms with Gasteiger partial charge in [0.25, 0.3) is 11.8 Å². The highest BCUT2D eigenvalue weighted by atomic mass is 19.1. The highest BCUT2D eigenvalue weighted by Crippen LogP contribution is 2.35. The van der Waals surface area contributed by atoms with Gasteiger partial charge in [-0.1, -0.05) is 35.9 Å². The molecule has 0 bridgehead atoms. The van der Waals surface area contributed by atoms with Crippen LogP contribution in [-0.4, -0.2) is 11.8 Å². The van der Waals surface area contributed by atoms with Crippen LogP contribution in [0, 0.1) is 25.5 Å². The quantitative estimate of drug-likeness (QED) is 0.624. The smallest absolute Gasteiger partial charge is 0.282 e. The Morgan fingerprint density at radius 3 is 2.20 bits per heavy atom. The molecule has 4 nitrogen and oxygen atoms in total. The van der Waals surface area contributed by atoms with Crippen LogP contribution in [0.2, 0.25) is 0 Å². The second-order valence-corrected chi connectivity index (χ2v) is 7.13. The highest BCUT2D eigenvalue weighted by Gasteiger charge is 2.40. The molecule has 3 aromatic rings. The van der Waals surface area contributed by atoms with Crippen molar-refractivity contribution in [2.24, 2.45) is 0 Å². The second kappa shape index (κ2) is 7.55. The summed E-state index contributed by atoms with van der Waals surface area (Å²) in [5.74, 6) is -2.03. The number of aryl methyl sites for hydroxylation is 2. The van der Waals surface area contributed by atoms with E-state index in [1.807, 2.05) is 26.0 Å². The minimum absolute atomic E-state index is 0.0113. The van der Waals surface area contributed by atoms with Crippen LogP contribution in [0.25, 0.3) is 5.57 Å². The third kappa shape index (κ3) is 3.48. The maximum atomic E-state index is 13.7. The van der Waals surface area contributed by atoms with Crippen LogP contribution >= 0.6 is 0 Å². The number of anilines is 2. The summed E-state index contributed by atoms with van der Waals surface area (Å²) >= 11 is 0. The lowest BCUT2D eigenvalue weighted by Gasteiger charge is -2.18. The number of imide groups is 1. The van der Waals surface area contributed by atoms with Crippen molar-refractivity contribution in [2.45, 2.75) is 13.8 Å². The van der Waals surface area contributed by atoms with E-state index in [0.717, 1.165) is 16.0 Å². The fourth-order valence-electron chi connectivity index (χ4n) is 3.52. The van der Waals surface area contributed by atoms with Gasteiger partial charge >= 0.3 is 0 Å². The van der Waals surface area contributed by atoms with Gasteiger partial charge < -0.3 is 5.32 Å². The zero-order valence-electron chi connectivity index (χ0n) is 16.4. The molecule has 0 spiro atoms. The third-order valence-electron chi connectivity index (χ3n) is 4.90. The molecule has 0 atom stereocenters. The molecule has 0 saturated heterocycles. The molecule has 0 aromatic heterocycles. The van der Waals surface area contributed by atoms with Crippen molar-refractivity contribution >= 4 is 28.8 Å². The molecule has 6 heteroatoms. The van der Waals surface area contributed by atoms with E-state index in [2.05, 4.69) is 5.32 Å². The zero-order chi connectivity index (χ0) is 21.4. The van der Waals surface area contributed by atoms with E-state index in [1.54, 1.807) is 12.1 Å². The maximum Gasteiger partial charge on any atom is 0.282 e. The number of halogens is 2. The SMILES string of the molecule is Cc1ccc(N2C(=O)C(Nc3cccc(F)c3)=C(c3ccc(F)cc3)C2=O)c(C)c1. The first-order chi connectivity index (χ1) is 14.3. The Hall–Kier alpha value is -3.80. The average Bonchev–Trinajstić information content (AvgIpc) is 2.93. The van der Waals surface area contributed by atoms with Crippen LogP contribution in [0.15, 0.2) is 72.4 Å². The molecule has 150 valence electrons. The normalized spacial score (nSPS) is 13.9. The Kier molecular flexibility index (Phi) is 4.91. The summed E-state index contributed by atoms with van der Waals surface area (Å²) in [6.07, 6.45) is 0. The molecule has 1 aliphatic heterocycles. The lowest BCUT2D eigenvalue weighted by molar-refractivity contribution is -0.120. The number of rotatable bonds is 4. The molecule has 0 saturated carbocycles. The number of nitrogens with one attached hydrogen (secondary N) is 1. The molecule has 0 radical (unpaired) electrons. The Morgan fingerprint density at radius 1 is 0.800 bits per heavy atom. The topological polar surface area (TPSA) is 49.4 Å². The zero-order valence-corrected chi connectivity index (χ0v) is 16.4. The summed E-state index contributed by atoms with van der Waals surface area (Å²) in [6.45, 7) is 3.74. The molecule has 1 N–H and O–H groups in total. The molecular formula is C24H18F2N2O2. The molecule has 0 aliphatic carbocycles. The van der Waals surface area contributed by atoms with Gasteiger partial charge in [0, 0.05) is 5.69 Å². The van der Waals surface area contributed by atoms with Gasteiger partial charge in [-0.2, -0.15) is 0 Å². The summed E-state index contributed by atoms with van der Waals surface area (Å²) in [7, 11) is 0. The number of benzene rings is 3. The van der Waals surface area contributed by atoms with Crippen LogP contribution in [-0.2, 0) is 9.59 Å². The average molecular weight is 404 g/mol. The molecule has 0 fully saturated rings. The van der Waals surface area contributed by atoms with E-state index in [1.165, 1.54) is 42.5 Å². The number of carbonyl (C=O) groups excluding carboxylic acids is 2. The Balaban J connectivity index is 1.84. The van der Waals surface area contributed by atoms with Crippen molar-refractivity contribution in [1.82, 2.24) is 0 Å². The predicted octanol–water partition coefficient (Wildman–Crippen LogP) is 4.98. The van der Waals surface area contributed by atoms with Crippen molar-refractivity contribution in [3.8, 4) is 0 Å². The number of nitrogens with zero attached hydrogens (tertiary/aromatic N) is 1. The van der Waals surface area contributed by atoms with E-state index in [-0.39, 0.29) is 11.3 Å². The Morgan fingerprint density at radius 2 is 1.53 bits per heavy atom. The second-order valence-electron chi connectivity index (χ2n) is 7.13. The van der Waals surface area contributed by atoms with Gasteiger partial charge in [0.2, 0.25) is 0 Å². The van der Waals surface area contributed by atoms with Crippen LogP contribution in [0.4, 0.5) is 20.2 Å². The van der Waals surface area contributed by atoms with Gasteiger partial charge in [-0.05, 0) is 61.4 Å². The van der Waals surface area contributed by atoms with Gasteiger partial charge in [0.1, 0.15) is 17.3 Å². The minimum atomic E-state index is -0.560. The van der Waals surface area contributed by atoms with Gasteiger partial charge in [0.15, 0.2) is 0 Å². The Bertz CT molecular complexity index is 1200. The summed E-state index contributed by atoms with van der Waals surface area (Å²) in [5.41, 5.74) is 3.06. The lowest BCUT2D eigenvalue weighted by atomic mass is 10.0. The van der Waals surface area contributed by atoms with Crippen molar-refractivity contribution in [3.63, 3.8) is 0 Å². The summed E-state index contributed by atoms with van der Waals surface area (Å²) in [4.78, 5) is 27.7. The minimum Gasteiger partial charge on any atom is -0.350 e. The van der Waals surface area contributed by atoms with E-state index in [4.69, 9.17) is 0 Å². The van der Waals surface area contributed by atoms with Crippen LogP contribution < -0.4 is 10.2 Å². The molecule has 30 heavy (non-hydrogen) atoms. The maximum absolute atomic E-state index is 13.7. The largest absolute Gasteiger partial charge is 0.350 e. The van der Waals surface area contributed by atoms with Crippen molar-refractivity contribution in [2.75, 3.05) is 10.2 Å². The van der Waals surface area contributed by atoms with Crippen molar-refractivity contribution in [3.05, 3.63) is 101 Å². The third-order valence-corrected chi connectivity index (χ3v) is 4.90. The standard InChI is InChI=1S/C24H18F2N2O2/c1-14-6-11-20(15(2)12-14)28-23(29)21(16-7-9-17(25)10-8-16)22(24(28)30)27-19-5-3-4-18(26)13-19/h3-13,27H,1-2H3. The first-order valence-electron chi connectivity index (χ1n) is 9.34. The highest BCUT2D eigenvalue weighted by molar-refractivity contribution is 6.46. The number of carbonyl (C=O) groups is 2. The van der Waals surface area contributed by atoms with Crippen molar-refractivity contribution < 1.29 is 18.4 Å². The molecule has 2 amide bonds. The van der Waals surface area contributed by atoms with Gasteiger partial charge in [-0.15, -0.1) is 0 Å². The van der Waals surface area contributed by atoms with E-state index in [0.29, 0.717) is 16.9 Å². The van der Waals surface area contributed by atoms with E-state index < -0.39 is 23.4 Å². The summed E-state index contributed by atoms with van der Waals surface area (Å²) in [5, 5.41) is 2.89. The van der Waals surface area contributed by atoms with Gasteiger partial charge in [-0.3, -0.25) is 9.59 Å².